The third-order valence-corrected chi connectivity index (χ3v) is 2.72. The van der Waals surface area contributed by atoms with Gasteiger partial charge in [0.1, 0.15) is 0 Å². The van der Waals surface area contributed by atoms with E-state index in [2.05, 4.69) is 6.92 Å². The Kier molecular flexibility index (Phi) is 4.91. The van der Waals surface area contributed by atoms with E-state index in [1.54, 1.807) is 6.07 Å². The molecule has 2 N–H and O–H groups in total. The van der Waals surface area contributed by atoms with Crippen molar-refractivity contribution in [1.29, 1.82) is 0 Å². The predicted octanol–water partition coefficient (Wildman–Crippen LogP) is 3.91. The fraction of sp³-hybridized carbons (Fsp3) is 0.500. The van der Waals surface area contributed by atoms with Crippen LogP contribution < -0.4 is 5.73 Å². The highest BCUT2D eigenvalue weighted by atomic mass is 35.5. The van der Waals surface area contributed by atoms with Gasteiger partial charge in [0.25, 0.3) is 0 Å². The normalized spacial score (nSPS) is 15.0. The number of hydrogen-bond acceptors (Lipinski definition) is 1. The first-order valence-electron chi connectivity index (χ1n) is 5.18. The van der Waals surface area contributed by atoms with Crippen molar-refractivity contribution in [2.24, 2.45) is 11.7 Å². The first-order chi connectivity index (χ1) is 6.97. The average molecular weight is 246 g/mol. The summed E-state index contributed by atoms with van der Waals surface area (Å²) in [6.07, 6.45) is 1.99. The van der Waals surface area contributed by atoms with E-state index in [1.807, 2.05) is 19.1 Å². The van der Waals surface area contributed by atoms with Gasteiger partial charge in [-0.25, -0.2) is 0 Å². The van der Waals surface area contributed by atoms with Crippen molar-refractivity contribution < 1.29 is 0 Å². The summed E-state index contributed by atoms with van der Waals surface area (Å²) in [4.78, 5) is 0. The van der Waals surface area contributed by atoms with Crippen LogP contribution in [0.4, 0.5) is 0 Å². The van der Waals surface area contributed by atoms with Crippen LogP contribution in [0, 0.1) is 5.92 Å². The maximum Gasteiger partial charge on any atom is 0.0423 e. The van der Waals surface area contributed by atoms with E-state index in [0.717, 1.165) is 12.8 Å². The van der Waals surface area contributed by atoms with Crippen molar-refractivity contribution in [3.05, 3.63) is 33.8 Å². The van der Waals surface area contributed by atoms with E-state index in [1.165, 1.54) is 5.56 Å². The molecule has 0 saturated heterocycles. The zero-order valence-corrected chi connectivity index (χ0v) is 10.6. The van der Waals surface area contributed by atoms with E-state index < -0.39 is 0 Å². The van der Waals surface area contributed by atoms with Gasteiger partial charge in [0, 0.05) is 16.1 Å². The zero-order chi connectivity index (χ0) is 11.4. The molecule has 0 amide bonds. The highest BCUT2D eigenvalue weighted by Crippen LogP contribution is 2.22. The molecule has 0 fully saturated rings. The van der Waals surface area contributed by atoms with Crippen LogP contribution >= 0.6 is 23.2 Å². The standard InChI is InChI=1S/C12H17Cl2N/c1-8(3-9(2)15)4-10-5-11(13)7-12(14)6-10/h5-9H,3-4,15H2,1-2H3. The molecule has 2 unspecified atom stereocenters. The lowest BCUT2D eigenvalue weighted by Crippen LogP contribution is -2.19. The Morgan fingerprint density at radius 1 is 1.13 bits per heavy atom. The molecule has 0 saturated carbocycles. The molecule has 84 valence electrons. The van der Waals surface area contributed by atoms with Gasteiger partial charge in [-0.3, -0.25) is 0 Å². The smallest absolute Gasteiger partial charge is 0.0423 e. The number of hydrogen-bond donors (Lipinski definition) is 1. The summed E-state index contributed by atoms with van der Waals surface area (Å²) in [5.41, 5.74) is 6.94. The topological polar surface area (TPSA) is 26.0 Å². The summed E-state index contributed by atoms with van der Waals surface area (Å²) in [5, 5.41) is 1.40. The van der Waals surface area contributed by atoms with Crippen LogP contribution in [-0.4, -0.2) is 6.04 Å². The zero-order valence-electron chi connectivity index (χ0n) is 9.13. The SMILES string of the molecule is CC(N)CC(C)Cc1cc(Cl)cc(Cl)c1. The highest BCUT2D eigenvalue weighted by molar-refractivity contribution is 6.34. The van der Waals surface area contributed by atoms with E-state index in [9.17, 15) is 0 Å². The maximum absolute atomic E-state index is 5.93. The molecule has 1 rings (SSSR count). The summed E-state index contributed by atoms with van der Waals surface area (Å²) in [6.45, 7) is 4.22. The fourth-order valence-electron chi connectivity index (χ4n) is 1.85. The molecule has 0 bridgehead atoms. The fourth-order valence-corrected chi connectivity index (χ4v) is 2.42. The lowest BCUT2D eigenvalue weighted by atomic mass is 9.95. The second kappa shape index (κ2) is 5.74. The predicted molar refractivity (Wildman–Crippen MR) is 67.6 cm³/mol. The second-order valence-corrected chi connectivity index (χ2v) is 5.17. The molecule has 0 radical (unpaired) electrons. The lowest BCUT2D eigenvalue weighted by molar-refractivity contribution is 0.480. The Morgan fingerprint density at radius 2 is 1.67 bits per heavy atom. The van der Waals surface area contributed by atoms with Crippen LogP contribution in [-0.2, 0) is 6.42 Å². The van der Waals surface area contributed by atoms with Gasteiger partial charge in [-0.05, 0) is 49.4 Å². The Morgan fingerprint density at radius 3 is 2.13 bits per heavy atom. The highest BCUT2D eigenvalue weighted by Gasteiger charge is 2.07. The molecule has 0 heterocycles. The minimum absolute atomic E-state index is 0.245. The van der Waals surface area contributed by atoms with Gasteiger partial charge in [-0.15, -0.1) is 0 Å². The van der Waals surface area contributed by atoms with Crippen molar-refractivity contribution in [3.63, 3.8) is 0 Å². The van der Waals surface area contributed by atoms with Gasteiger partial charge in [0.05, 0.1) is 0 Å². The summed E-state index contributed by atoms with van der Waals surface area (Å²) in [6, 6.07) is 5.92. The van der Waals surface area contributed by atoms with Gasteiger partial charge in [-0.1, -0.05) is 30.1 Å². The van der Waals surface area contributed by atoms with Crippen LogP contribution in [0.15, 0.2) is 18.2 Å². The van der Waals surface area contributed by atoms with Crippen molar-refractivity contribution in [2.45, 2.75) is 32.7 Å². The van der Waals surface area contributed by atoms with E-state index >= 15 is 0 Å². The first-order valence-corrected chi connectivity index (χ1v) is 5.93. The molecule has 2 atom stereocenters. The Hall–Kier alpha value is -0.240. The van der Waals surface area contributed by atoms with Crippen LogP contribution in [0.3, 0.4) is 0 Å². The van der Waals surface area contributed by atoms with E-state index in [4.69, 9.17) is 28.9 Å². The molecule has 0 aliphatic rings. The molecule has 0 aliphatic carbocycles. The van der Waals surface area contributed by atoms with Crippen LogP contribution in [0.2, 0.25) is 10.0 Å². The molecule has 3 heteroatoms. The molecular weight excluding hydrogens is 229 g/mol. The Labute approximate surface area is 102 Å². The lowest BCUT2D eigenvalue weighted by Gasteiger charge is -2.14. The Bertz CT molecular complexity index is 303. The third kappa shape index (κ3) is 4.87. The van der Waals surface area contributed by atoms with Gasteiger partial charge >= 0.3 is 0 Å². The van der Waals surface area contributed by atoms with Gasteiger partial charge in [0.15, 0.2) is 0 Å². The minimum atomic E-state index is 0.245. The van der Waals surface area contributed by atoms with Crippen LogP contribution in [0.1, 0.15) is 25.8 Å². The van der Waals surface area contributed by atoms with Crippen molar-refractivity contribution >= 4 is 23.2 Å². The molecule has 0 aromatic heterocycles. The minimum Gasteiger partial charge on any atom is -0.328 e. The molecule has 1 nitrogen and oxygen atoms in total. The maximum atomic E-state index is 5.93. The molecule has 0 aliphatic heterocycles. The number of benzene rings is 1. The van der Waals surface area contributed by atoms with Gasteiger partial charge in [0.2, 0.25) is 0 Å². The largest absolute Gasteiger partial charge is 0.328 e. The average Bonchev–Trinajstić information content (AvgIpc) is 1.98. The molecule has 1 aromatic carbocycles. The van der Waals surface area contributed by atoms with Crippen molar-refractivity contribution in [3.8, 4) is 0 Å². The molecule has 0 spiro atoms. The third-order valence-electron chi connectivity index (χ3n) is 2.28. The summed E-state index contributed by atoms with van der Waals surface area (Å²) in [5.74, 6) is 0.555. The molecule has 15 heavy (non-hydrogen) atoms. The second-order valence-electron chi connectivity index (χ2n) is 4.30. The monoisotopic (exact) mass is 245 g/mol. The van der Waals surface area contributed by atoms with Crippen LogP contribution in [0.25, 0.3) is 0 Å². The van der Waals surface area contributed by atoms with Crippen molar-refractivity contribution in [1.82, 2.24) is 0 Å². The molecule has 1 aromatic rings. The number of nitrogens with two attached hydrogens (primary N) is 1. The Balaban J connectivity index is 2.63. The first kappa shape index (κ1) is 12.8. The summed E-state index contributed by atoms with van der Waals surface area (Å²) in [7, 11) is 0. The van der Waals surface area contributed by atoms with Crippen molar-refractivity contribution in [2.75, 3.05) is 0 Å². The number of rotatable bonds is 4. The summed E-state index contributed by atoms with van der Waals surface area (Å²) >= 11 is 11.9. The molecular formula is C12H17Cl2N. The number of halogens is 2. The van der Waals surface area contributed by atoms with E-state index in [-0.39, 0.29) is 6.04 Å². The quantitative estimate of drug-likeness (QED) is 0.856. The van der Waals surface area contributed by atoms with Gasteiger partial charge in [-0.2, -0.15) is 0 Å². The summed E-state index contributed by atoms with van der Waals surface area (Å²) < 4.78 is 0. The van der Waals surface area contributed by atoms with E-state index in [0.29, 0.717) is 16.0 Å². The van der Waals surface area contributed by atoms with Crippen LogP contribution in [0.5, 0.6) is 0 Å². The van der Waals surface area contributed by atoms with Gasteiger partial charge < -0.3 is 5.73 Å².